The maximum atomic E-state index is 10.1. The molecule has 0 radical (unpaired) electrons. The lowest BCUT2D eigenvalue weighted by Gasteiger charge is -2.19. The van der Waals surface area contributed by atoms with Gasteiger partial charge >= 0.3 is 6.01 Å². The molecule has 158 valence electrons. The summed E-state index contributed by atoms with van der Waals surface area (Å²) >= 11 is 0. The molecular formula is C24H30N4O2. The van der Waals surface area contributed by atoms with Gasteiger partial charge in [-0.3, -0.25) is 0 Å². The lowest BCUT2D eigenvalue weighted by atomic mass is 10.1. The molecule has 1 unspecified atom stereocenters. The minimum Gasteiger partial charge on any atom is -0.462 e. The highest BCUT2D eigenvalue weighted by atomic mass is 16.5. The van der Waals surface area contributed by atoms with Crippen molar-refractivity contribution in [3.63, 3.8) is 0 Å². The first-order chi connectivity index (χ1) is 14.3. The number of benzene rings is 2. The fourth-order valence-electron chi connectivity index (χ4n) is 2.74. The second-order valence-electron chi connectivity index (χ2n) is 8.16. The van der Waals surface area contributed by atoms with Crippen molar-refractivity contribution in [2.24, 2.45) is 5.92 Å². The first-order valence-corrected chi connectivity index (χ1v) is 10.1. The van der Waals surface area contributed by atoms with Gasteiger partial charge in [-0.25, -0.2) is 4.68 Å². The number of anilines is 1. The van der Waals surface area contributed by atoms with E-state index in [1.807, 2.05) is 36.4 Å². The molecule has 0 bridgehead atoms. The van der Waals surface area contributed by atoms with Gasteiger partial charge in [-0.15, -0.1) is 11.7 Å². The number of aliphatic hydroxyl groups is 1. The molecule has 6 nitrogen and oxygen atoms in total. The van der Waals surface area contributed by atoms with Crippen molar-refractivity contribution < 1.29 is 9.84 Å². The second kappa shape index (κ2) is 9.13. The van der Waals surface area contributed by atoms with E-state index in [0.717, 1.165) is 22.8 Å². The SMILES string of the molecule is C=CC(C)(O)CNc1ccc(-n2nc(OCC(C)C)nc2-c2ccc(C)cc2)cc1. The molecule has 3 rings (SSSR count). The van der Waals surface area contributed by atoms with Crippen LogP contribution in [-0.4, -0.2) is 38.6 Å². The number of nitrogens with zero attached hydrogens (tertiary/aromatic N) is 3. The molecule has 2 N–H and O–H groups in total. The number of aryl methyl sites for hydroxylation is 1. The van der Waals surface area contributed by atoms with Crippen LogP contribution in [0.2, 0.25) is 0 Å². The van der Waals surface area contributed by atoms with Gasteiger partial charge in [0.05, 0.1) is 17.9 Å². The average molecular weight is 407 g/mol. The van der Waals surface area contributed by atoms with Crippen LogP contribution in [-0.2, 0) is 0 Å². The van der Waals surface area contributed by atoms with Gasteiger partial charge in [-0.2, -0.15) is 4.98 Å². The van der Waals surface area contributed by atoms with Crippen LogP contribution in [0.25, 0.3) is 17.1 Å². The third-order valence-corrected chi connectivity index (χ3v) is 4.65. The number of hydrogen-bond donors (Lipinski definition) is 2. The van der Waals surface area contributed by atoms with Gasteiger partial charge in [0.25, 0.3) is 0 Å². The van der Waals surface area contributed by atoms with E-state index < -0.39 is 5.60 Å². The van der Waals surface area contributed by atoms with Gasteiger partial charge in [0.15, 0.2) is 5.82 Å². The second-order valence-corrected chi connectivity index (χ2v) is 8.16. The molecule has 0 fully saturated rings. The number of aromatic nitrogens is 3. The summed E-state index contributed by atoms with van der Waals surface area (Å²) < 4.78 is 7.57. The Morgan fingerprint density at radius 1 is 1.17 bits per heavy atom. The summed E-state index contributed by atoms with van der Waals surface area (Å²) in [6.07, 6.45) is 1.52. The first-order valence-electron chi connectivity index (χ1n) is 10.1. The van der Waals surface area contributed by atoms with Gasteiger partial charge < -0.3 is 15.2 Å². The minimum absolute atomic E-state index is 0.364. The molecule has 0 aliphatic heterocycles. The Bertz CT molecular complexity index is 973. The number of rotatable bonds is 9. The van der Waals surface area contributed by atoms with E-state index in [-0.39, 0.29) is 0 Å². The normalized spacial score (nSPS) is 13.1. The maximum absolute atomic E-state index is 10.1. The summed E-state index contributed by atoms with van der Waals surface area (Å²) in [6, 6.07) is 16.4. The van der Waals surface area contributed by atoms with Crippen LogP contribution in [0.1, 0.15) is 26.3 Å². The Kier molecular flexibility index (Phi) is 6.57. The minimum atomic E-state index is -0.966. The molecule has 6 heteroatoms. The van der Waals surface area contributed by atoms with Crippen molar-refractivity contribution in [2.75, 3.05) is 18.5 Å². The largest absolute Gasteiger partial charge is 0.462 e. The van der Waals surface area contributed by atoms with Gasteiger partial charge in [-0.1, -0.05) is 49.8 Å². The van der Waals surface area contributed by atoms with Crippen molar-refractivity contribution in [1.82, 2.24) is 14.8 Å². The van der Waals surface area contributed by atoms with Crippen LogP contribution in [0, 0.1) is 12.8 Å². The Morgan fingerprint density at radius 3 is 2.43 bits per heavy atom. The van der Waals surface area contributed by atoms with Crippen LogP contribution in [0.5, 0.6) is 6.01 Å². The van der Waals surface area contributed by atoms with Crippen molar-refractivity contribution in [2.45, 2.75) is 33.3 Å². The molecule has 1 aromatic heterocycles. The molecule has 0 aliphatic carbocycles. The molecule has 1 heterocycles. The monoisotopic (exact) mass is 406 g/mol. The summed E-state index contributed by atoms with van der Waals surface area (Å²) in [5.74, 6) is 1.11. The van der Waals surface area contributed by atoms with Crippen LogP contribution in [0.3, 0.4) is 0 Å². The van der Waals surface area contributed by atoms with Gasteiger partial charge in [-0.05, 0) is 44.0 Å². The fourth-order valence-corrected chi connectivity index (χ4v) is 2.74. The van der Waals surface area contributed by atoms with Crippen molar-refractivity contribution >= 4 is 5.69 Å². The van der Waals surface area contributed by atoms with Crippen molar-refractivity contribution in [3.8, 4) is 23.1 Å². The predicted molar refractivity (Wildman–Crippen MR) is 121 cm³/mol. The van der Waals surface area contributed by atoms with Gasteiger partial charge in [0.1, 0.15) is 0 Å². The highest BCUT2D eigenvalue weighted by Crippen LogP contribution is 2.25. The molecule has 0 saturated heterocycles. The lowest BCUT2D eigenvalue weighted by Crippen LogP contribution is -2.30. The molecule has 0 aliphatic rings. The standard InChI is InChI=1S/C24H30N4O2/c1-6-24(5,29)16-25-20-11-13-21(14-12-20)28-22(19-9-7-18(4)8-10-19)26-23(27-28)30-15-17(2)3/h6-14,17,25,29H,1,15-16H2,2-5H3. The van der Waals surface area contributed by atoms with E-state index in [0.29, 0.717) is 25.1 Å². The topological polar surface area (TPSA) is 72.2 Å². The first kappa shape index (κ1) is 21.6. The van der Waals surface area contributed by atoms with Crippen LogP contribution >= 0.6 is 0 Å². The number of hydrogen-bond acceptors (Lipinski definition) is 5. The summed E-state index contributed by atoms with van der Waals surface area (Å²) in [6.45, 7) is 12.5. The summed E-state index contributed by atoms with van der Waals surface area (Å²) in [4.78, 5) is 4.63. The third-order valence-electron chi connectivity index (χ3n) is 4.65. The lowest BCUT2D eigenvalue weighted by molar-refractivity contribution is 0.126. The Labute approximate surface area is 178 Å². The molecule has 1 atom stereocenters. The zero-order valence-electron chi connectivity index (χ0n) is 18.1. The van der Waals surface area contributed by atoms with Crippen LogP contribution in [0.15, 0.2) is 61.2 Å². The Hall–Kier alpha value is -3.12. The zero-order valence-corrected chi connectivity index (χ0v) is 18.1. The van der Waals surface area contributed by atoms with E-state index in [2.05, 4.69) is 54.9 Å². The Balaban J connectivity index is 1.89. The fraction of sp³-hybridized carbons (Fsp3) is 0.333. The molecule has 3 aromatic rings. The van der Waals surface area contributed by atoms with E-state index >= 15 is 0 Å². The van der Waals surface area contributed by atoms with Gasteiger partial charge in [0, 0.05) is 17.8 Å². The summed E-state index contributed by atoms with van der Waals surface area (Å²) in [5, 5.41) is 17.9. The van der Waals surface area contributed by atoms with Gasteiger partial charge in [0.2, 0.25) is 0 Å². The zero-order chi connectivity index (χ0) is 21.7. The quantitative estimate of drug-likeness (QED) is 0.507. The molecule has 0 spiro atoms. The van der Waals surface area contributed by atoms with Crippen molar-refractivity contribution in [1.29, 1.82) is 0 Å². The third kappa shape index (κ3) is 5.48. The molecule has 2 aromatic carbocycles. The van der Waals surface area contributed by atoms with E-state index in [4.69, 9.17) is 4.74 Å². The summed E-state index contributed by atoms with van der Waals surface area (Å²) in [5.41, 5.74) is 2.96. The van der Waals surface area contributed by atoms with E-state index in [9.17, 15) is 5.11 Å². The Morgan fingerprint density at radius 2 is 1.83 bits per heavy atom. The predicted octanol–water partition coefficient (Wildman–Crippen LogP) is 4.63. The summed E-state index contributed by atoms with van der Waals surface area (Å²) in [7, 11) is 0. The number of nitrogens with one attached hydrogen (secondary N) is 1. The smallest absolute Gasteiger partial charge is 0.336 e. The average Bonchev–Trinajstić information content (AvgIpc) is 3.16. The number of ether oxygens (including phenoxy) is 1. The van der Waals surface area contributed by atoms with E-state index in [1.54, 1.807) is 11.6 Å². The highest BCUT2D eigenvalue weighted by Gasteiger charge is 2.16. The molecule has 30 heavy (non-hydrogen) atoms. The maximum Gasteiger partial charge on any atom is 0.336 e. The van der Waals surface area contributed by atoms with Crippen LogP contribution < -0.4 is 10.1 Å². The molecule has 0 saturated carbocycles. The van der Waals surface area contributed by atoms with E-state index in [1.165, 1.54) is 11.6 Å². The highest BCUT2D eigenvalue weighted by molar-refractivity contribution is 5.60. The van der Waals surface area contributed by atoms with Crippen LogP contribution in [0.4, 0.5) is 5.69 Å². The van der Waals surface area contributed by atoms with Crippen molar-refractivity contribution in [3.05, 3.63) is 66.7 Å². The molecular weight excluding hydrogens is 376 g/mol. The molecule has 0 amide bonds.